The van der Waals surface area contributed by atoms with Crippen LogP contribution in [0.15, 0.2) is 53.1 Å². The van der Waals surface area contributed by atoms with E-state index >= 15 is 0 Å². The normalized spacial score (nSPS) is 13.4. The summed E-state index contributed by atoms with van der Waals surface area (Å²) in [7, 11) is 0. The van der Waals surface area contributed by atoms with Crippen molar-refractivity contribution in [2.45, 2.75) is 19.8 Å². The van der Waals surface area contributed by atoms with E-state index < -0.39 is 0 Å². The molecule has 0 amide bonds. The van der Waals surface area contributed by atoms with Crippen LogP contribution in [0.2, 0.25) is 0 Å². The molecule has 0 spiro atoms. The van der Waals surface area contributed by atoms with Gasteiger partial charge in [-0.1, -0.05) is 24.3 Å². The summed E-state index contributed by atoms with van der Waals surface area (Å²) in [6, 6.07) is 14.6. The number of hydrogen-bond acceptors (Lipinski definition) is 5. The number of aryl methyl sites for hydroxylation is 2. The third-order valence-corrected chi connectivity index (χ3v) is 4.94. The second-order valence-corrected chi connectivity index (χ2v) is 6.99. The van der Waals surface area contributed by atoms with E-state index in [1.54, 1.807) is 6.20 Å². The van der Waals surface area contributed by atoms with Gasteiger partial charge in [0.15, 0.2) is 5.82 Å². The molecule has 0 aliphatic carbocycles. The van der Waals surface area contributed by atoms with E-state index in [1.165, 1.54) is 16.8 Å². The molecule has 126 valence electrons. The largest absolute Gasteiger partial charge is 0.338 e. The zero-order valence-electron chi connectivity index (χ0n) is 13.9. The third kappa shape index (κ3) is 3.35. The number of halogens is 1. The lowest BCUT2D eigenvalue weighted by Crippen LogP contribution is -2.26. The Morgan fingerprint density at radius 3 is 2.92 bits per heavy atom. The number of aromatic nitrogens is 3. The van der Waals surface area contributed by atoms with Crippen LogP contribution in [-0.2, 0) is 6.42 Å². The molecule has 1 aromatic heterocycles. The highest BCUT2D eigenvalue weighted by Gasteiger charge is 2.20. The summed E-state index contributed by atoms with van der Waals surface area (Å²) in [4.78, 5) is 6.81. The lowest BCUT2D eigenvalue weighted by atomic mass is 10.0. The fourth-order valence-electron chi connectivity index (χ4n) is 3.07. The van der Waals surface area contributed by atoms with Crippen LogP contribution in [-0.4, -0.2) is 21.7 Å². The van der Waals surface area contributed by atoms with Gasteiger partial charge in [-0.3, -0.25) is 0 Å². The van der Waals surface area contributed by atoms with Crippen molar-refractivity contribution in [1.29, 1.82) is 0 Å². The maximum Gasteiger partial charge on any atom is 0.251 e. The second-order valence-electron chi connectivity index (χ2n) is 6.13. The number of fused-ring (bicyclic) bond motifs is 1. The van der Waals surface area contributed by atoms with E-state index in [1.807, 2.05) is 6.07 Å². The van der Waals surface area contributed by atoms with Gasteiger partial charge in [0.05, 0.1) is 11.9 Å². The van der Waals surface area contributed by atoms with Crippen molar-refractivity contribution >= 4 is 39.1 Å². The fourth-order valence-corrected chi connectivity index (χ4v) is 3.66. The van der Waals surface area contributed by atoms with Crippen LogP contribution in [0.5, 0.6) is 0 Å². The Kier molecular flexibility index (Phi) is 4.36. The lowest BCUT2D eigenvalue weighted by molar-refractivity contribution is 0.742. The van der Waals surface area contributed by atoms with Crippen molar-refractivity contribution in [3.05, 3.63) is 64.3 Å². The van der Waals surface area contributed by atoms with E-state index in [4.69, 9.17) is 0 Å². The Balaban J connectivity index is 1.64. The van der Waals surface area contributed by atoms with Crippen LogP contribution in [0.1, 0.15) is 17.5 Å². The van der Waals surface area contributed by atoms with Gasteiger partial charge in [-0.25, -0.2) is 0 Å². The summed E-state index contributed by atoms with van der Waals surface area (Å²) < 4.78 is 0.996. The molecule has 3 aromatic rings. The summed E-state index contributed by atoms with van der Waals surface area (Å²) in [6.07, 6.45) is 3.82. The summed E-state index contributed by atoms with van der Waals surface area (Å²) in [6.45, 7) is 2.96. The average Bonchev–Trinajstić information content (AvgIpc) is 2.64. The van der Waals surface area contributed by atoms with Gasteiger partial charge in [-0.05, 0) is 65.0 Å². The smallest absolute Gasteiger partial charge is 0.251 e. The van der Waals surface area contributed by atoms with Gasteiger partial charge < -0.3 is 10.2 Å². The maximum atomic E-state index is 4.67. The van der Waals surface area contributed by atoms with Crippen LogP contribution in [0.3, 0.4) is 0 Å². The number of hydrogen-bond donors (Lipinski definition) is 1. The van der Waals surface area contributed by atoms with Gasteiger partial charge in [-0.2, -0.15) is 10.1 Å². The minimum absolute atomic E-state index is 0.625. The molecule has 0 bridgehead atoms. The van der Waals surface area contributed by atoms with Crippen LogP contribution in [0, 0.1) is 6.92 Å². The number of nitrogens with one attached hydrogen (secondary N) is 1. The molecular formula is C19H18BrN5. The highest BCUT2D eigenvalue weighted by Crippen LogP contribution is 2.32. The Morgan fingerprint density at radius 2 is 2.04 bits per heavy atom. The SMILES string of the molecule is Cc1ccc(Nc2cnnc(N3CCCc4ccccc43)n2)c(Br)c1. The molecule has 2 heterocycles. The molecule has 25 heavy (non-hydrogen) atoms. The molecule has 6 heteroatoms. The van der Waals surface area contributed by atoms with Gasteiger partial charge in [0.1, 0.15) is 0 Å². The molecule has 0 fully saturated rings. The quantitative estimate of drug-likeness (QED) is 0.691. The standard InChI is InChI=1S/C19H18BrN5/c1-13-8-9-16(15(20)11-13)22-18-12-21-24-19(23-18)25-10-4-6-14-5-2-3-7-17(14)25/h2-3,5,7-9,11-12H,4,6,10H2,1H3,(H,22,23,24). The Morgan fingerprint density at radius 1 is 1.16 bits per heavy atom. The molecule has 0 saturated heterocycles. The van der Waals surface area contributed by atoms with Crippen molar-refractivity contribution in [1.82, 2.24) is 15.2 Å². The van der Waals surface area contributed by atoms with E-state index in [2.05, 4.69) is 84.6 Å². The lowest BCUT2D eigenvalue weighted by Gasteiger charge is -2.29. The van der Waals surface area contributed by atoms with Gasteiger partial charge in [0.25, 0.3) is 5.95 Å². The first-order valence-electron chi connectivity index (χ1n) is 8.29. The molecule has 1 N–H and O–H groups in total. The molecule has 0 atom stereocenters. The fraction of sp³-hybridized carbons (Fsp3) is 0.211. The molecule has 4 rings (SSSR count). The molecule has 0 saturated carbocycles. The van der Waals surface area contributed by atoms with Crippen molar-refractivity contribution < 1.29 is 0 Å². The number of nitrogens with zero attached hydrogens (tertiary/aromatic N) is 4. The van der Waals surface area contributed by atoms with Crippen molar-refractivity contribution in [3.63, 3.8) is 0 Å². The first-order valence-corrected chi connectivity index (χ1v) is 9.08. The van der Waals surface area contributed by atoms with Crippen LogP contribution < -0.4 is 10.2 Å². The van der Waals surface area contributed by atoms with Crippen molar-refractivity contribution in [2.75, 3.05) is 16.8 Å². The zero-order chi connectivity index (χ0) is 17.2. The minimum Gasteiger partial charge on any atom is -0.338 e. The van der Waals surface area contributed by atoms with Crippen LogP contribution in [0.4, 0.5) is 23.1 Å². The van der Waals surface area contributed by atoms with Crippen LogP contribution >= 0.6 is 15.9 Å². The summed E-state index contributed by atoms with van der Waals surface area (Å²) in [5, 5.41) is 11.7. The summed E-state index contributed by atoms with van der Waals surface area (Å²) in [5.41, 5.74) is 4.65. The highest BCUT2D eigenvalue weighted by atomic mass is 79.9. The monoisotopic (exact) mass is 395 g/mol. The maximum absolute atomic E-state index is 4.67. The predicted octanol–water partition coefficient (Wildman–Crippen LogP) is 4.77. The first kappa shape index (κ1) is 16.0. The van der Waals surface area contributed by atoms with E-state index in [0.29, 0.717) is 11.8 Å². The Hall–Kier alpha value is -2.47. The van der Waals surface area contributed by atoms with E-state index in [-0.39, 0.29) is 0 Å². The Labute approximate surface area is 155 Å². The number of anilines is 4. The van der Waals surface area contributed by atoms with Gasteiger partial charge >= 0.3 is 0 Å². The molecule has 0 unspecified atom stereocenters. The van der Waals surface area contributed by atoms with E-state index in [0.717, 1.165) is 29.5 Å². The van der Waals surface area contributed by atoms with Gasteiger partial charge in [-0.15, -0.1) is 5.10 Å². The molecule has 5 nitrogen and oxygen atoms in total. The second kappa shape index (κ2) is 6.80. The molecular weight excluding hydrogens is 378 g/mol. The molecule has 2 aromatic carbocycles. The number of para-hydroxylation sites is 1. The molecule has 1 aliphatic heterocycles. The Bertz CT molecular complexity index is 912. The zero-order valence-corrected chi connectivity index (χ0v) is 15.5. The average molecular weight is 396 g/mol. The number of rotatable bonds is 3. The van der Waals surface area contributed by atoms with Crippen molar-refractivity contribution in [3.8, 4) is 0 Å². The molecule has 0 radical (unpaired) electrons. The minimum atomic E-state index is 0.625. The van der Waals surface area contributed by atoms with E-state index in [9.17, 15) is 0 Å². The van der Waals surface area contributed by atoms with Crippen LogP contribution in [0.25, 0.3) is 0 Å². The summed E-state index contributed by atoms with van der Waals surface area (Å²) >= 11 is 3.58. The molecule has 1 aliphatic rings. The number of benzene rings is 2. The highest BCUT2D eigenvalue weighted by molar-refractivity contribution is 9.10. The van der Waals surface area contributed by atoms with Crippen molar-refractivity contribution in [2.24, 2.45) is 0 Å². The first-order chi connectivity index (χ1) is 12.2. The van der Waals surface area contributed by atoms with Gasteiger partial charge in [0, 0.05) is 16.7 Å². The van der Waals surface area contributed by atoms with Gasteiger partial charge in [0.2, 0.25) is 0 Å². The third-order valence-electron chi connectivity index (χ3n) is 4.29. The summed E-state index contributed by atoms with van der Waals surface area (Å²) in [5.74, 6) is 1.30. The predicted molar refractivity (Wildman–Crippen MR) is 104 cm³/mol. The topological polar surface area (TPSA) is 53.9 Å².